The maximum absolute atomic E-state index is 7.02. The van der Waals surface area contributed by atoms with Gasteiger partial charge in [0.15, 0.2) is 8.32 Å². The normalized spacial score (nSPS) is 20.8. The van der Waals surface area contributed by atoms with Crippen molar-refractivity contribution in [2.24, 2.45) is 0 Å². The van der Waals surface area contributed by atoms with E-state index in [-0.39, 0.29) is 29.3 Å². The molecule has 5 heteroatoms. The van der Waals surface area contributed by atoms with Gasteiger partial charge in [0.1, 0.15) is 0 Å². The first-order valence-electron chi connectivity index (χ1n) is 15.4. The third kappa shape index (κ3) is 5.71. The van der Waals surface area contributed by atoms with Crippen molar-refractivity contribution in [2.75, 3.05) is 0 Å². The van der Waals surface area contributed by atoms with E-state index in [4.69, 9.17) is 13.7 Å². The van der Waals surface area contributed by atoms with Crippen molar-refractivity contribution >= 4 is 20.9 Å². The molecule has 2 fully saturated rings. The van der Waals surface area contributed by atoms with E-state index in [0.717, 1.165) is 31.1 Å². The minimum absolute atomic E-state index is 0.0398. The van der Waals surface area contributed by atoms with E-state index in [1.54, 1.807) is 0 Å². The molecule has 0 amide bonds. The fourth-order valence-corrected chi connectivity index (χ4v) is 8.54. The molecule has 0 unspecified atom stereocenters. The van der Waals surface area contributed by atoms with Gasteiger partial charge in [0, 0.05) is 5.41 Å². The van der Waals surface area contributed by atoms with Gasteiger partial charge in [0.05, 0.1) is 16.8 Å². The molecular weight excluding hydrogens is 495 g/mol. The average Bonchev–Trinajstić information content (AvgIpc) is 3.06. The summed E-state index contributed by atoms with van der Waals surface area (Å²) in [5.74, 6) is 0. The maximum atomic E-state index is 7.02. The molecule has 2 aromatic rings. The van der Waals surface area contributed by atoms with Crippen LogP contribution in [0.2, 0.25) is 19.6 Å². The number of hydrogen-bond acceptors (Lipinski definition) is 3. The van der Waals surface area contributed by atoms with Gasteiger partial charge >= 0.3 is 7.12 Å². The second-order valence-electron chi connectivity index (χ2n) is 14.2. The zero-order valence-electron chi connectivity index (χ0n) is 26.7. The third-order valence-corrected chi connectivity index (χ3v) is 11.0. The first-order chi connectivity index (χ1) is 18.1. The molecule has 1 saturated heterocycles. The van der Waals surface area contributed by atoms with Crippen LogP contribution in [0.1, 0.15) is 114 Å². The van der Waals surface area contributed by atoms with Crippen LogP contribution in [0.25, 0.3) is 0 Å². The van der Waals surface area contributed by atoms with E-state index in [2.05, 4.69) is 111 Å². The molecule has 0 atom stereocenters. The predicted octanol–water partition coefficient (Wildman–Crippen LogP) is 8.72. The first-order valence-corrected chi connectivity index (χ1v) is 18.8. The highest BCUT2D eigenvalue weighted by Crippen LogP contribution is 2.46. The van der Waals surface area contributed by atoms with Gasteiger partial charge in [-0.15, -0.1) is 0 Å². The van der Waals surface area contributed by atoms with Crippen molar-refractivity contribution in [3.63, 3.8) is 0 Å². The second-order valence-corrected chi connectivity index (χ2v) is 18.7. The van der Waals surface area contributed by atoms with Crippen LogP contribution in [-0.2, 0) is 24.8 Å². The molecule has 0 aromatic heterocycles. The van der Waals surface area contributed by atoms with Gasteiger partial charge in [-0.05, 0) is 115 Å². The lowest BCUT2D eigenvalue weighted by atomic mass is 9.67. The Balaban J connectivity index is 1.71. The molecule has 0 N–H and O–H groups in total. The average molecular weight is 549 g/mol. The Morgan fingerprint density at radius 3 is 1.77 bits per heavy atom. The molecule has 2 aromatic carbocycles. The van der Waals surface area contributed by atoms with Gasteiger partial charge < -0.3 is 13.7 Å². The lowest BCUT2D eigenvalue weighted by Gasteiger charge is -2.44. The van der Waals surface area contributed by atoms with Gasteiger partial charge in [-0.2, -0.15) is 0 Å². The molecule has 4 rings (SSSR count). The van der Waals surface area contributed by atoms with Crippen molar-refractivity contribution < 1.29 is 13.7 Å². The summed E-state index contributed by atoms with van der Waals surface area (Å²) in [4.78, 5) is 0. The number of benzene rings is 2. The molecule has 1 heterocycles. The molecule has 0 radical (unpaired) electrons. The summed E-state index contributed by atoms with van der Waals surface area (Å²) in [5, 5.41) is 0. The molecular formula is C34H53BO3Si. The van der Waals surface area contributed by atoms with Gasteiger partial charge in [-0.3, -0.25) is 0 Å². The highest BCUT2D eigenvalue weighted by Gasteiger charge is 2.52. The molecule has 0 spiro atoms. The Hall–Kier alpha value is -1.40. The summed E-state index contributed by atoms with van der Waals surface area (Å²) >= 11 is 0. The zero-order chi connectivity index (χ0) is 28.9. The Morgan fingerprint density at radius 2 is 1.31 bits per heavy atom. The van der Waals surface area contributed by atoms with Crippen LogP contribution in [0.4, 0.5) is 0 Å². The van der Waals surface area contributed by atoms with Crippen LogP contribution in [0, 0.1) is 13.8 Å². The molecule has 39 heavy (non-hydrogen) atoms. The third-order valence-electron chi connectivity index (χ3n) is 9.97. The molecule has 1 aliphatic heterocycles. The molecule has 3 nitrogen and oxygen atoms in total. The fourth-order valence-electron chi connectivity index (χ4n) is 7.05. The topological polar surface area (TPSA) is 27.7 Å². The van der Waals surface area contributed by atoms with Crippen LogP contribution < -0.4 is 5.46 Å². The SMILES string of the molecule is CCC(CC)(c1ccc(B2OC(C)(C)C(C)(C)O2)c(C)c1)c1ccc(C2(O[Si](C)(C)C)CCCCC2)c(C)c1. The van der Waals surface area contributed by atoms with E-state index in [9.17, 15) is 0 Å². The van der Waals surface area contributed by atoms with E-state index in [0.29, 0.717) is 0 Å². The van der Waals surface area contributed by atoms with Crippen molar-refractivity contribution in [1.29, 1.82) is 0 Å². The minimum Gasteiger partial charge on any atom is -0.408 e. The maximum Gasteiger partial charge on any atom is 0.495 e. The van der Waals surface area contributed by atoms with Crippen molar-refractivity contribution in [2.45, 2.75) is 142 Å². The smallest absolute Gasteiger partial charge is 0.408 e. The zero-order valence-corrected chi connectivity index (χ0v) is 27.7. The second kappa shape index (κ2) is 10.8. The fraction of sp³-hybridized carbons (Fsp3) is 0.647. The summed E-state index contributed by atoms with van der Waals surface area (Å²) in [5.41, 5.74) is 7.11. The Morgan fingerprint density at radius 1 is 0.795 bits per heavy atom. The van der Waals surface area contributed by atoms with Crippen LogP contribution in [-0.4, -0.2) is 26.6 Å². The van der Waals surface area contributed by atoms with Crippen LogP contribution in [0.15, 0.2) is 36.4 Å². The van der Waals surface area contributed by atoms with Crippen molar-refractivity contribution in [1.82, 2.24) is 0 Å². The Kier molecular flexibility index (Phi) is 8.45. The van der Waals surface area contributed by atoms with E-state index >= 15 is 0 Å². The van der Waals surface area contributed by atoms with Crippen LogP contribution >= 0.6 is 0 Å². The highest BCUT2D eigenvalue weighted by molar-refractivity contribution is 6.69. The van der Waals surface area contributed by atoms with Gasteiger partial charge in [-0.1, -0.05) is 75.1 Å². The number of aryl methyl sites for hydroxylation is 2. The number of rotatable bonds is 8. The first kappa shape index (κ1) is 30.6. The van der Waals surface area contributed by atoms with Gasteiger partial charge in [-0.25, -0.2) is 0 Å². The van der Waals surface area contributed by atoms with Crippen molar-refractivity contribution in [3.8, 4) is 0 Å². The molecule has 0 bridgehead atoms. The number of hydrogen-bond donors (Lipinski definition) is 0. The molecule has 1 aliphatic carbocycles. The quantitative estimate of drug-likeness (QED) is 0.309. The summed E-state index contributed by atoms with van der Waals surface area (Å²) < 4.78 is 19.8. The molecule has 2 aliphatic rings. The van der Waals surface area contributed by atoms with Crippen molar-refractivity contribution in [3.05, 3.63) is 64.2 Å². The van der Waals surface area contributed by atoms with Crippen LogP contribution in [0.3, 0.4) is 0 Å². The predicted molar refractivity (Wildman–Crippen MR) is 169 cm³/mol. The summed E-state index contributed by atoms with van der Waals surface area (Å²) in [7, 11) is -2.03. The molecule has 214 valence electrons. The Bertz CT molecular complexity index is 1150. The summed E-state index contributed by atoms with van der Waals surface area (Å²) in [6, 6.07) is 14.3. The minimum atomic E-state index is -1.70. The van der Waals surface area contributed by atoms with Crippen LogP contribution in [0.5, 0.6) is 0 Å². The lowest BCUT2D eigenvalue weighted by molar-refractivity contribution is 0.00578. The standard InChI is InChI=1S/C34H53BO3Si/c1-12-33(13-2,28-18-20-30(26(4)24-28)35-36-31(5,6)32(7,8)37-35)27-17-19-29(25(3)23-27)34(38-39(9,10)11)21-15-14-16-22-34/h17-20,23-24H,12-16,21-22H2,1-11H3. The van der Waals surface area contributed by atoms with E-state index in [1.807, 2.05) is 0 Å². The lowest BCUT2D eigenvalue weighted by Crippen LogP contribution is -2.42. The summed E-state index contributed by atoms with van der Waals surface area (Å²) in [6.07, 6.45) is 8.22. The monoisotopic (exact) mass is 548 g/mol. The van der Waals surface area contributed by atoms with Gasteiger partial charge in [0.2, 0.25) is 0 Å². The van der Waals surface area contributed by atoms with E-state index in [1.165, 1.54) is 47.1 Å². The highest BCUT2D eigenvalue weighted by atomic mass is 28.4. The largest absolute Gasteiger partial charge is 0.495 e. The van der Waals surface area contributed by atoms with E-state index < -0.39 is 8.32 Å². The molecule has 1 saturated carbocycles. The summed E-state index contributed by atoms with van der Waals surface area (Å²) in [6.45, 7) is 24.7. The Labute approximate surface area is 240 Å². The van der Waals surface area contributed by atoms with Gasteiger partial charge in [0.25, 0.3) is 0 Å².